The average Bonchev–Trinajstić information content (AvgIpc) is 3.15. The Balaban J connectivity index is 1.70. The summed E-state index contributed by atoms with van der Waals surface area (Å²) >= 11 is 2.70. The number of hydrogen-bond acceptors (Lipinski definition) is 6. The van der Waals surface area contributed by atoms with Crippen molar-refractivity contribution in [2.75, 3.05) is 24.2 Å². The monoisotopic (exact) mass is 441 g/mol. The maximum Gasteiger partial charge on any atom is 0.262 e. The van der Waals surface area contributed by atoms with Gasteiger partial charge in [-0.1, -0.05) is 71.1 Å². The molecule has 2 aromatic carbocycles. The van der Waals surface area contributed by atoms with E-state index in [0.717, 1.165) is 15.5 Å². The molecule has 1 heterocycles. The van der Waals surface area contributed by atoms with Crippen molar-refractivity contribution in [2.24, 2.45) is 0 Å². The molecular weight excluding hydrogens is 418 g/mol. The normalized spacial score (nSPS) is 10.5. The van der Waals surface area contributed by atoms with Crippen molar-refractivity contribution in [3.8, 4) is 17.0 Å². The number of hydrogen-bond donors (Lipinski definition) is 2. The highest BCUT2D eigenvalue weighted by Crippen LogP contribution is 2.37. The molecule has 8 heteroatoms. The molecule has 6 nitrogen and oxygen atoms in total. The Hall–Kier alpha value is -2.84. The minimum Gasteiger partial charge on any atom is -0.484 e. The largest absolute Gasteiger partial charge is 0.484 e. The highest BCUT2D eigenvalue weighted by Gasteiger charge is 2.17. The van der Waals surface area contributed by atoms with Gasteiger partial charge >= 0.3 is 0 Å². The van der Waals surface area contributed by atoms with Gasteiger partial charge in [0.1, 0.15) is 16.4 Å². The third-order valence-electron chi connectivity index (χ3n) is 4.00. The predicted octanol–water partition coefficient (Wildman–Crippen LogP) is 4.36. The predicted molar refractivity (Wildman–Crippen MR) is 122 cm³/mol. The van der Waals surface area contributed by atoms with Gasteiger partial charge in [-0.3, -0.25) is 9.59 Å². The molecule has 3 rings (SSSR count). The highest BCUT2D eigenvalue weighted by atomic mass is 32.2. The van der Waals surface area contributed by atoms with E-state index in [0.29, 0.717) is 23.0 Å². The number of benzene rings is 2. The zero-order chi connectivity index (χ0) is 21.3. The lowest BCUT2D eigenvalue weighted by Gasteiger charge is -2.07. The van der Waals surface area contributed by atoms with Gasteiger partial charge in [-0.15, -0.1) is 0 Å². The second-order valence-corrected chi connectivity index (χ2v) is 8.64. The zero-order valence-corrected chi connectivity index (χ0v) is 18.4. The van der Waals surface area contributed by atoms with E-state index in [2.05, 4.69) is 15.6 Å². The number of thioether (sulfide) groups is 1. The summed E-state index contributed by atoms with van der Waals surface area (Å²) in [7, 11) is 0. The summed E-state index contributed by atoms with van der Waals surface area (Å²) in [6.45, 7) is 4.37. The lowest BCUT2D eigenvalue weighted by Crippen LogP contribution is -2.24. The van der Waals surface area contributed by atoms with E-state index in [4.69, 9.17) is 4.74 Å². The lowest BCUT2D eigenvalue weighted by molar-refractivity contribution is -0.119. The third kappa shape index (κ3) is 6.33. The van der Waals surface area contributed by atoms with Crippen molar-refractivity contribution in [2.45, 2.75) is 18.2 Å². The molecule has 0 atom stereocenters. The Bertz CT molecular complexity index is 989. The minimum absolute atomic E-state index is 0.0453. The maximum atomic E-state index is 12.5. The average molecular weight is 442 g/mol. The molecule has 0 unspecified atom stereocenters. The number of anilines is 1. The molecule has 3 aromatic rings. The number of ether oxygens (including phenoxy) is 1. The second kappa shape index (κ2) is 10.8. The van der Waals surface area contributed by atoms with Crippen LogP contribution in [0.2, 0.25) is 0 Å². The number of nitrogens with zero attached hydrogens (tertiary/aromatic N) is 1. The van der Waals surface area contributed by atoms with Crippen molar-refractivity contribution >= 4 is 39.9 Å². The van der Waals surface area contributed by atoms with Crippen LogP contribution in [0.5, 0.6) is 5.75 Å². The van der Waals surface area contributed by atoms with E-state index >= 15 is 0 Å². The summed E-state index contributed by atoms with van der Waals surface area (Å²) in [5, 5.41) is 6.31. The van der Waals surface area contributed by atoms with Gasteiger partial charge < -0.3 is 15.4 Å². The smallest absolute Gasteiger partial charge is 0.262 e. The number of rotatable bonds is 9. The summed E-state index contributed by atoms with van der Waals surface area (Å²) in [6.07, 6.45) is 0. The van der Waals surface area contributed by atoms with Crippen LogP contribution in [-0.4, -0.2) is 35.7 Å². The molecule has 2 N–H and O–H groups in total. The first-order valence-electron chi connectivity index (χ1n) is 9.50. The van der Waals surface area contributed by atoms with Crippen molar-refractivity contribution < 1.29 is 14.3 Å². The fourth-order valence-corrected chi connectivity index (χ4v) is 4.47. The van der Waals surface area contributed by atoms with Crippen LogP contribution in [0.3, 0.4) is 0 Å². The van der Waals surface area contributed by atoms with Gasteiger partial charge in [-0.05, 0) is 26.0 Å². The minimum atomic E-state index is -0.267. The Morgan fingerprint density at radius 3 is 2.50 bits per heavy atom. The van der Waals surface area contributed by atoms with Crippen LogP contribution in [0.25, 0.3) is 11.3 Å². The number of thiazole rings is 1. The number of carbonyl (C=O) groups is 2. The lowest BCUT2D eigenvalue weighted by atomic mass is 10.2. The molecule has 0 radical (unpaired) electrons. The Kier molecular flexibility index (Phi) is 7.87. The van der Waals surface area contributed by atoms with E-state index in [1.54, 1.807) is 0 Å². The van der Waals surface area contributed by atoms with Crippen molar-refractivity contribution in [1.82, 2.24) is 10.3 Å². The summed E-state index contributed by atoms with van der Waals surface area (Å²) in [6, 6.07) is 17.2. The van der Waals surface area contributed by atoms with Crippen LogP contribution < -0.4 is 15.4 Å². The quantitative estimate of drug-likeness (QED) is 0.482. The van der Waals surface area contributed by atoms with E-state index in [9.17, 15) is 9.59 Å². The number of nitrogens with one attached hydrogen (secondary N) is 2. The van der Waals surface area contributed by atoms with Crippen molar-refractivity contribution in [1.29, 1.82) is 0 Å². The molecule has 0 aliphatic heterocycles. The summed E-state index contributed by atoms with van der Waals surface area (Å²) in [5.74, 6) is 0.605. The van der Waals surface area contributed by atoms with Gasteiger partial charge in [0.15, 0.2) is 10.9 Å². The Labute approximate surface area is 184 Å². The van der Waals surface area contributed by atoms with E-state index in [1.165, 1.54) is 23.1 Å². The molecule has 0 aliphatic carbocycles. The third-order valence-corrected chi connectivity index (χ3v) is 6.11. The van der Waals surface area contributed by atoms with Crippen LogP contribution in [0.15, 0.2) is 58.9 Å². The first-order chi connectivity index (χ1) is 14.5. The summed E-state index contributed by atoms with van der Waals surface area (Å²) in [5.41, 5.74) is 2.71. The molecule has 0 fully saturated rings. The van der Waals surface area contributed by atoms with Gasteiger partial charge in [0.25, 0.3) is 5.91 Å². The number of amides is 2. The fourth-order valence-electron chi connectivity index (χ4n) is 2.56. The molecule has 1 aromatic heterocycles. The standard InChI is InChI=1S/C22H23N3O3S2/c1-3-23-19(27)14-29-22-25-20(16-7-5-4-6-8-16)21(30-22)24-18(26)13-28-17-11-9-15(2)10-12-17/h4-12H,3,13-14H2,1-2H3,(H,23,27)(H,24,26). The molecular formula is C22H23N3O3S2. The Morgan fingerprint density at radius 1 is 1.07 bits per heavy atom. The summed E-state index contributed by atoms with van der Waals surface area (Å²) in [4.78, 5) is 28.9. The van der Waals surface area contributed by atoms with E-state index < -0.39 is 0 Å². The molecule has 0 aliphatic rings. The van der Waals surface area contributed by atoms with Crippen LogP contribution >= 0.6 is 23.1 Å². The molecule has 0 spiro atoms. The highest BCUT2D eigenvalue weighted by molar-refractivity contribution is 8.01. The van der Waals surface area contributed by atoms with E-state index in [-0.39, 0.29) is 24.2 Å². The second-order valence-electron chi connectivity index (χ2n) is 6.42. The molecule has 2 amide bonds. The van der Waals surface area contributed by atoms with Crippen LogP contribution in [-0.2, 0) is 9.59 Å². The maximum absolute atomic E-state index is 12.5. The van der Waals surface area contributed by atoms with Gasteiger partial charge in [0.2, 0.25) is 5.91 Å². The Morgan fingerprint density at radius 2 is 1.80 bits per heavy atom. The zero-order valence-electron chi connectivity index (χ0n) is 16.8. The van der Waals surface area contributed by atoms with Gasteiger partial charge in [0, 0.05) is 12.1 Å². The number of aryl methyl sites for hydroxylation is 1. The van der Waals surface area contributed by atoms with Gasteiger partial charge in [-0.2, -0.15) is 0 Å². The van der Waals surface area contributed by atoms with Crippen LogP contribution in [0.4, 0.5) is 5.00 Å². The van der Waals surface area contributed by atoms with E-state index in [1.807, 2.05) is 68.4 Å². The van der Waals surface area contributed by atoms with Crippen LogP contribution in [0.1, 0.15) is 12.5 Å². The molecule has 0 saturated heterocycles. The summed E-state index contributed by atoms with van der Waals surface area (Å²) < 4.78 is 6.28. The fraction of sp³-hybridized carbons (Fsp3) is 0.227. The van der Waals surface area contributed by atoms with Crippen LogP contribution in [0, 0.1) is 6.92 Å². The topological polar surface area (TPSA) is 80.3 Å². The van der Waals surface area contributed by atoms with Gasteiger partial charge in [-0.25, -0.2) is 4.98 Å². The molecule has 156 valence electrons. The SMILES string of the molecule is CCNC(=O)CSc1nc(-c2ccccc2)c(NC(=O)COc2ccc(C)cc2)s1. The first-order valence-corrected chi connectivity index (χ1v) is 11.3. The van der Waals surface area contributed by atoms with Gasteiger partial charge in [0.05, 0.1) is 5.75 Å². The first kappa shape index (κ1) is 21.9. The number of carbonyl (C=O) groups excluding carboxylic acids is 2. The van der Waals surface area contributed by atoms with Crippen molar-refractivity contribution in [3.05, 3.63) is 60.2 Å². The van der Waals surface area contributed by atoms with Crippen molar-refractivity contribution in [3.63, 3.8) is 0 Å². The molecule has 0 bridgehead atoms. The number of aromatic nitrogens is 1. The molecule has 0 saturated carbocycles. The molecule has 30 heavy (non-hydrogen) atoms.